The molecule has 2 N–H and O–H groups in total. The van der Waals surface area contributed by atoms with Crippen molar-refractivity contribution in [3.8, 4) is 0 Å². The Hall–Kier alpha value is 1.06. The van der Waals surface area contributed by atoms with Crippen molar-refractivity contribution in [1.29, 1.82) is 0 Å². The van der Waals surface area contributed by atoms with Crippen LogP contribution in [-0.2, 0) is 16.5 Å². The highest BCUT2D eigenvalue weighted by molar-refractivity contribution is 6.89. The van der Waals surface area contributed by atoms with Crippen LogP contribution in [0.25, 0.3) is 0 Å². The van der Waals surface area contributed by atoms with E-state index in [2.05, 4.69) is 119 Å². The third-order valence-electron chi connectivity index (χ3n) is 8.33. The average Bonchev–Trinajstić information content (AvgIpc) is 2.72. The molecule has 0 bridgehead atoms. The zero-order chi connectivity index (χ0) is 32.9. The van der Waals surface area contributed by atoms with Crippen molar-refractivity contribution in [3.05, 3.63) is 0 Å². The van der Waals surface area contributed by atoms with E-state index >= 15 is 0 Å². The molecule has 4 atom stereocenters. The molecule has 0 saturated heterocycles. The molecule has 0 fully saturated rings. The molecule has 248 valence electrons. The molecular formula is C29H72O6Si6. The Morgan fingerprint density at radius 1 is 0.463 bits per heavy atom. The van der Waals surface area contributed by atoms with Gasteiger partial charge in [0.1, 0.15) is 0 Å². The number of hydrogen-bond acceptors (Lipinski definition) is 6. The Labute approximate surface area is 262 Å². The van der Waals surface area contributed by atoms with E-state index in [0.29, 0.717) is 22.9 Å². The van der Waals surface area contributed by atoms with Gasteiger partial charge in [-0.25, -0.2) is 0 Å². The largest absolute Gasteiger partial charge is 0.436 e. The Kier molecular flexibility index (Phi) is 16.0. The van der Waals surface area contributed by atoms with Gasteiger partial charge in [-0.15, -0.1) is 0 Å². The summed E-state index contributed by atoms with van der Waals surface area (Å²) in [5, 5.41) is 21.2. The van der Waals surface area contributed by atoms with Crippen molar-refractivity contribution in [1.82, 2.24) is 0 Å². The van der Waals surface area contributed by atoms with E-state index in [0.717, 1.165) is 25.7 Å². The van der Waals surface area contributed by atoms with Gasteiger partial charge in [0.2, 0.25) is 0 Å². The van der Waals surface area contributed by atoms with Gasteiger partial charge in [0, 0.05) is 16.5 Å². The fourth-order valence-electron chi connectivity index (χ4n) is 5.94. The Morgan fingerprint density at radius 2 is 0.683 bits per heavy atom. The minimum absolute atomic E-state index is 0.00269. The predicted octanol–water partition coefficient (Wildman–Crippen LogP) is 9.12. The first kappa shape index (κ1) is 42.1. The van der Waals surface area contributed by atoms with Crippen molar-refractivity contribution >= 4 is 50.4 Å². The van der Waals surface area contributed by atoms with Gasteiger partial charge in [-0.3, -0.25) is 0 Å². The minimum atomic E-state index is -2.43. The smallest absolute Gasteiger partial charge is 0.317 e. The highest BCUT2D eigenvalue weighted by Crippen LogP contribution is 2.43. The SMILES string of the molecule is CC(CCC(CO)(CO)CCC(C)C(C)[Si](C)(O[Si](C)(C)C)O[Si](C)(C)C)C(C)[Si](C)(O[Si](C)(C)C)O[Si](C)(C)C. The first-order chi connectivity index (χ1) is 18.0. The maximum Gasteiger partial charge on any atom is 0.317 e. The molecule has 4 unspecified atom stereocenters. The summed E-state index contributed by atoms with van der Waals surface area (Å²) in [6.07, 6.45) is 3.46. The van der Waals surface area contributed by atoms with E-state index in [1.165, 1.54) is 0 Å². The predicted molar refractivity (Wildman–Crippen MR) is 193 cm³/mol. The molecular weight excluding hydrogens is 613 g/mol. The van der Waals surface area contributed by atoms with Crippen LogP contribution in [0.15, 0.2) is 0 Å². The lowest BCUT2D eigenvalue weighted by molar-refractivity contribution is 0.0294. The van der Waals surface area contributed by atoms with E-state index in [9.17, 15) is 10.2 Å². The summed E-state index contributed by atoms with van der Waals surface area (Å²) in [6.45, 7) is 40.8. The number of aliphatic hydroxyl groups excluding tert-OH is 2. The molecule has 0 spiro atoms. The van der Waals surface area contributed by atoms with Crippen LogP contribution in [0.2, 0.25) is 103 Å². The Balaban J connectivity index is 5.72. The van der Waals surface area contributed by atoms with Crippen LogP contribution in [0, 0.1) is 17.3 Å². The molecule has 0 rings (SSSR count). The Bertz CT molecular complexity index is 676. The second-order valence-electron chi connectivity index (χ2n) is 17.3. The lowest BCUT2D eigenvalue weighted by Gasteiger charge is -2.45. The van der Waals surface area contributed by atoms with Gasteiger partial charge in [0.05, 0.1) is 13.2 Å². The van der Waals surface area contributed by atoms with Crippen molar-refractivity contribution < 1.29 is 26.7 Å². The number of rotatable bonds is 20. The summed E-state index contributed by atoms with van der Waals surface area (Å²) in [7, 11) is -12.0. The number of hydrogen-bond donors (Lipinski definition) is 2. The molecule has 0 radical (unpaired) electrons. The van der Waals surface area contributed by atoms with Crippen LogP contribution < -0.4 is 0 Å². The summed E-state index contributed by atoms with van der Waals surface area (Å²) < 4.78 is 27.4. The van der Waals surface area contributed by atoms with E-state index in [1.54, 1.807) is 0 Å². The summed E-state index contributed by atoms with van der Waals surface area (Å²) >= 11 is 0. The van der Waals surface area contributed by atoms with Gasteiger partial charge in [0.15, 0.2) is 33.3 Å². The van der Waals surface area contributed by atoms with Crippen LogP contribution >= 0.6 is 0 Å². The molecule has 0 amide bonds. The molecule has 0 aromatic heterocycles. The molecule has 0 saturated carbocycles. The molecule has 0 heterocycles. The summed E-state index contributed by atoms with van der Waals surface area (Å²) in [5.74, 6) is 0.748. The lowest BCUT2D eigenvalue weighted by atomic mass is 9.76. The molecule has 0 aliphatic rings. The molecule has 41 heavy (non-hydrogen) atoms. The van der Waals surface area contributed by atoms with Crippen LogP contribution in [-0.4, -0.2) is 73.8 Å². The van der Waals surface area contributed by atoms with Crippen molar-refractivity contribution in [2.75, 3.05) is 13.2 Å². The molecule has 0 aliphatic heterocycles. The van der Waals surface area contributed by atoms with E-state index in [-0.39, 0.29) is 13.2 Å². The highest BCUT2D eigenvalue weighted by Gasteiger charge is 2.48. The second kappa shape index (κ2) is 15.6. The number of aliphatic hydroxyl groups is 2. The van der Waals surface area contributed by atoms with E-state index < -0.39 is 55.8 Å². The maximum atomic E-state index is 10.6. The van der Waals surface area contributed by atoms with Crippen molar-refractivity contribution in [2.45, 2.75) is 156 Å². The second-order valence-corrected chi connectivity index (χ2v) is 43.4. The van der Waals surface area contributed by atoms with Gasteiger partial charge in [0.25, 0.3) is 0 Å². The van der Waals surface area contributed by atoms with Gasteiger partial charge in [-0.05, 0) is 129 Å². The summed E-state index contributed by atoms with van der Waals surface area (Å²) in [6, 6.07) is 0. The summed E-state index contributed by atoms with van der Waals surface area (Å²) in [4.78, 5) is 0. The molecule has 6 nitrogen and oxygen atoms in total. The van der Waals surface area contributed by atoms with E-state index in [1.807, 2.05) is 0 Å². The van der Waals surface area contributed by atoms with Crippen molar-refractivity contribution in [2.24, 2.45) is 17.3 Å². The zero-order valence-corrected chi connectivity index (χ0v) is 36.6. The molecule has 0 aliphatic carbocycles. The van der Waals surface area contributed by atoms with Gasteiger partial charge < -0.3 is 26.7 Å². The standard InChI is InChI=1S/C29H72O6Si6/c1-25(27(3)40(17,32-36(5,6)7)33-37(8,9)10)19-21-29(23-30,24-31)22-20-26(2)28(4)41(18,34-38(11,12)13)35-39(14,15)16/h25-28,30-31H,19-24H2,1-18H3. The Morgan fingerprint density at radius 3 is 0.854 bits per heavy atom. The van der Waals surface area contributed by atoms with Crippen molar-refractivity contribution in [3.63, 3.8) is 0 Å². The van der Waals surface area contributed by atoms with Crippen LogP contribution in [0.3, 0.4) is 0 Å². The fourth-order valence-corrected chi connectivity index (χ4v) is 31.9. The third-order valence-corrected chi connectivity index (χ3v) is 29.1. The van der Waals surface area contributed by atoms with Crippen LogP contribution in [0.4, 0.5) is 0 Å². The highest BCUT2D eigenvalue weighted by atomic mass is 28.5. The minimum Gasteiger partial charge on any atom is -0.436 e. The van der Waals surface area contributed by atoms with Crippen LogP contribution in [0.5, 0.6) is 0 Å². The first-order valence-electron chi connectivity index (χ1n) is 16.0. The third kappa shape index (κ3) is 15.8. The van der Waals surface area contributed by atoms with E-state index in [4.69, 9.17) is 16.5 Å². The monoisotopic (exact) mass is 684 g/mol. The fraction of sp³-hybridized carbons (Fsp3) is 1.00. The zero-order valence-electron chi connectivity index (χ0n) is 30.6. The summed E-state index contributed by atoms with van der Waals surface area (Å²) in [5.41, 5.74) is 0.148. The molecule has 0 aromatic carbocycles. The van der Waals surface area contributed by atoms with Crippen LogP contribution in [0.1, 0.15) is 53.4 Å². The van der Waals surface area contributed by atoms with Gasteiger partial charge in [-0.2, -0.15) is 0 Å². The molecule has 0 aromatic rings. The quantitative estimate of drug-likeness (QED) is 0.125. The maximum absolute atomic E-state index is 10.6. The normalized spacial score (nSPS) is 17.9. The van der Waals surface area contributed by atoms with Gasteiger partial charge >= 0.3 is 17.1 Å². The topological polar surface area (TPSA) is 77.4 Å². The average molecular weight is 685 g/mol. The van der Waals surface area contributed by atoms with Gasteiger partial charge in [-0.1, -0.05) is 27.7 Å². The lowest BCUT2D eigenvalue weighted by Crippen LogP contribution is -2.56. The first-order valence-corrected chi connectivity index (χ1v) is 34.5. The molecule has 12 heteroatoms.